The van der Waals surface area contributed by atoms with Gasteiger partial charge in [0.25, 0.3) is 0 Å². The maximum Gasteiger partial charge on any atom is 0.0926 e. The molecule has 0 spiro atoms. The van der Waals surface area contributed by atoms with Crippen molar-refractivity contribution in [1.82, 2.24) is 4.90 Å². The molecule has 1 aromatic rings. The smallest absolute Gasteiger partial charge is 0.0926 e. The number of fused-ring (bicyclic) bond motifs is 5. The van der Waals surface area contributed by atoms with Crippen LogP contribution in [0, 0.1) is 23.8 Å². The van der Waals surface area contributed by atoms with Crippen LogP contribution in [0.2, 0.25) is 0 Å². The molecule has 107 valence electrons. The Morgan fingerprint density at radius 2 is 2.24 bits per heavy atom. The van der Waals surface area contributed by atoms with Gasteiger partial charge in [-0.1, -0.05) is 12.1 Å². The van der Waals surface area contributed by atoms with E-state index in [9.17, 15) is 0 Å². The number of ether oxygens (including phenoxy) is 1. The third kappa shape index (κ3) is 1.73. The highest BCUT2D eigenvalue weighted by Crippen LogP contribution is 2.42. The molecule has 1 saturated heterocycles. The van der Waals surface area contributed by atoms with Gasteiger partial charge in [0, 0.05) is 42.2 Å². The van der Waals surface area contributed by atoms with Crippen molar-refractivity contribution < 1.29 is 4.74 Å². The molecular formula is C18H19N2O. The van der Waals surface area contributed by atoms with Crippen LogP contribution in [0.3, 0.4) is 0 Å². The maximum absolute atomic E-state index is 5.50. The fraction of sp³-hybridized carbons (Fsp3) is 0.444. The molecule has 0 amide bonds. The number of anilines is 1. The number of benzene rings is 1. The fourth-order valence-corrected chi connectivity index (χ4v) is 4.36. The average molecular weight is 279 g/mol. The van der Waals surface area contributed by atoms with E-state index in [-0.39, 0.29) is 0 Å². The van der Waals surface area contributed by atoms with Crippen molar-refractivity contribution >= 4 is 5.69 Å². The van der Waals surface area contributed by atoms with E-state index in [1.54, 1.807) is 0 Å². The summed E-state index contributed by atoms with van der Waals surface area (Å²) in [4.78, 5) is 2.58. The Kier molecular flexibility index (Phi) is 2.40. The normalized spacial score (nSPS) is 35.6. The van der Waals surface area contributed by atoms with Crippen LogP contribution in [0.15, 0.2) is 42.3 Å². The molecule has 4 unspecified atom stereocenters. The molecule has 0 bridgehead atoms. The monoisotopic (exact) mass is 279 g/mol. The Morgan fingerprint density at radius 3 is 3.24 bits per heavy atom. The van der Waals surface area contributed by atoms with Gasteiger partial charge in [0.1, 0.15) is 0 Å². The molecule has 4 aliphatic rings. The zero-order valence-corrected chi connectivity index (χ0v) is 12.0. The van der Waals surface area contributed by atoms with Crippen LogP contribution in [-0.2, 0) is 11.2 Å². The molecule has 4 atom stereocenters. The first-order chi connectivity index (χ1) is 10.4. The lowest BCUT2D eigenvalue weighted by molar-refractivity contribution is 0.121. The van der Waals surface area contributed by atoms with Crippen molar-refractivity contribution in [3.63, 3.8) is 0 Å². The summed E-state index contributed by atoms with van der Waals surface area (Å²) in [6, 6.07) is 10.00. The summed E-state index contributed by atoms with van der Waals surface area (Å²) in [5, 5.41) is 3.77. The Labute approximate surface area is 125 Å². The zero-order chi connectivity index (χ0) is 13.8. The highest BCUT2D eigenvalue weighted by molar-refractivity contribution is 5.56. The highest BCUT2D eigenvalue weighted by Gasteiger charge is 2.43. The molecule has 0 aliphatic carbocycles. The van der Waals surface area contributed by atoms with Crippen LogP contribution in [0.5, 0.6) is 0 Å². The van der Waals surface area contributed by atoms with Gasteiger partial charge in [-0.15, -0.1) is 0 Å². The SMILES string of the molecule is [c]1ccc2c(c1)CC1CN3CC4COC=CC4C=C3C1N2. The van der Waals surface area contributed by atoms with Gasteiger partial charge in [0.2, 0.25) is 0 Å². The molecule has 1 radical (unpaired) electrons. The fourth-order valence-electron chi connectivity index (χ4n) is 4.36. The second kappa shape index (κ2) is 4.30. The maximum atomic E-state index is 5.50. The Balaban J connectivity index is 1.50. The number of nitrogens with zero attached hydrogens (tertiary/aromatic N) is 1. The highest BCUT2D eigenvalue weighted by atomic mass is 16.5. The third-order valence-corrected chi connectivity index (χ3v) is 5.42. The first-order valence-corrected chi connectivity index (χ1v) is 7.89. The number of allylic oxidation sites excluding steroid dienone is 2. The minimum atomic E-state index is 0.483. The van der Waals surface area contributed by atoms with E-state index in [1.807, 2.05) is 12.3 Å². The Bertz CT molecular complexity index is 636. The lowest BCUT2D eigenvalue weighted by Crippen LogP contribution is -2.39. The van der Waals surface area contributed by atoms with Crippen molar-refractivity contribution in [2.24, 2.45) is 17.8 Å². The van der Waals surface area contributed by atoms with Gasteiger partial charge >= 0.3 is 0 Å². The first-order valence-electron chi connectivity index (χ1n) is 7.89. The zero-order valence-electron chi connectivity index (χ0n) is 12.0. The number of hydrogen-bond acceptors (Lipinski definition) is 3. The molecule has 1 N–H and O–H groups in total. The molecule has 5 rings (SSSR count). The van der Waals surface area contributed by atoms with Crippen LogP contribution < -0.4 is 5.32 Å². The van der Waals surface area contributed by atoms with Crippen LogP contribution in [0.1, 0.15) is 5.56 Å². The molecule has 1 fully saturated rings. The van der Waals surface area contributed by atoms with Gasteiger partial charge in [0.15, 0.2) is 0 Å². The second-order valence-electron chi connectivity index (χ2n) is 6.67. The summed E-state index contributed by atoms with van der Waals surface area (Å²) in [5.41, 5.74) is 4.22. The van der Waals surface area contributed by atoms with Crippen molar-refractivity contribution in [1.29, 1.82) is 0 Å². The minimum absolute atomic E-state index is 0.483. The molecule has 3 nitrogen and oxygen atoms in total. The lowest BCUT2D eigenvalue weighted by atomic mass is 9.84. The Morgan fingerprint density at radius 1 is 1.29 bits per heavy atom. The van der Waals surface area contributed by atoms with Crippen molar-refractivity contribution in [3.8, 4) is 0 Å². The van der Waals surface area contributed by atoms with Crippen molar-refractivity contribution in [2.75, 3.05) is 25.0 Å². The number of hydrogen-bond donors (Lipinski definition) is 1. The summed E-state index contributed by atoms with van der Waals surface area (Å²) in [5.74, 6) is 1.86. The standard InChI is InChI=1S/C18H19N2O/c1-2-4-16-13(3-1)7-14-9-20-10-15-11-21-6-5-12(15)8-17(20)18(14)19-16/h2-6,8,12,14-15,18-19H,7,9-11H2. The molecule has 4 aliphatic heterocycles. The molecule has 0 saturated carbocycles. The lowest BCUT2D eigenvalue weighted by Gasteiger charge is -2.37. The molecule has 0 aromatic heterocycles. The van der Waals surface area contributed by atoms with Crippen molar-refractivity contribution in [3.05, 3.63) is 53.9 Å². The topological polar surface area (TPSA) is 24.5 Å². The van der Waals surface area contributed by atoms with E-state index in [0.717, 1.165) is 13.2 Å². The van der Waals surface area contributed by atoms with E-state index in [4.69, 9.17) is 4.74 Å². The van der Waals surface area contributed by atoms with E-state index >= 15 is 0 Å². The van der Waals surface area contributed by atoms with Crippen LogP contribution in [-0.4, -0.2) is 30.6 Å². The number of nitrogens with one attached hydrogen (secondary N) is 1. The van der Waals surface area contributed by atoms with Gasteiger partial charge in [-0.3, -0.25) is 0 Å². The Hall–Kier alpha value is -1.90. The van der Waals surface area contributed by atoms with E-state index in [1.165, 1.54) is 29.9 Å². The summed E-state index contributed by atoms with van der Waals surface area (Å²) >= 11 is 0. The summed E-state index contributed by atoms with van der Waals surface area (Å²) < 4.78 is 5.50. The van der Waals surface area contributed by atoms with Gasteiger partial charge in [-0.2, -0.15) is 0 Å². The quantitative estimate of drug-likeness (QED) is 0.789. The molecule has 3 heteroatoms. The van der Waals surface area contributed by atoms with Crippen LogP contribution in [0.4, 0.5) is 5.69 Å². The third-order valence-electron chi connectivity index (χ3n) is 5.42. The van der Waals surface area contributed by atoms with Crippen molar-refractivity contribution in [2.45, 2.75) is 12.5 Å². The number of rotatable bonds is 0. The predicted octanol–water partition coefficient (Wildman–Crippen LogP) is 2.43. The largest absolute Gasteiger partial charge is 0.501 e. The van der Waals surface area contributed by atoms with Gasteiger partial charge in [0.05, 0.1) is 18.9 Å². The van der Waals surface area contributed by atoms with E-state index in [0.29, 0.717) is 23.8 Å². The molecular weight excluding hydrogens is 260 g/mol. The van der Waals surface area contributed by atoms with Crippen LogP contribution in [0.25, 0.3) is 0 Å². The summed E-state index contributed by atoms with van der Waals surface area (Å²) in [6.45, 7) is 3.17. The van der Waals surface area contributed by atoms with Gasteiger partial charge in [-0.25, -0.2) is 0 Å². The van der Waals surface area contributed by atoms with Gasteiger partial charge in [-0.05, 0) is 36.3 Å². The van der Waals surface area contributed by atoms with E-state index < -0.39 is 0 Å². The van der Waals surface area contributed by atoms with E-state index in [2.05, 4.69) is 40.6 Å². The molecule has 21 heavy (non-hydrogen) atoms. The first kappa shape index (κ1) is 11.7. The minimum Gasteiger partial charge on any atom is -0.501 e. The van der Waals surface area contributed by atoms with Crippen LogP contribution >= 0.6 is 0 Å². The molecule has 1 aromatic carbocycles. The average Bonchev–Trinajstić information content (AvgIpc) is 2.87. The summed E-state index contributed by atoms with van der Waals surface area (Å²) in [6.07, 6.45) is 7.74. The second-order valence-corrected chi connectivity index (χ2v) is 6.67. The molecule has 4 heterocycles. The summed E-state index contributed by atoms with van der Waals surface area (Å²) in [7, 11) is 0. The van der Waals surface area contributed by atoms with Gasteiger partial charge < -0.3 is 15.0 Å². The predicted molar refractivity (Wildman–Crippen MR) is 81.6 cm³/mol.